The van der Waals surface area contributed by atoms with Crippen molar-refractivity contribution >= 4 is 79.5 Å². The first kappa shape index (κ1) is 29.8. The van der Waals surface area contributed by atoms with E-state index in [4.69, 9.17) is 11.5 Å². The van der Waals surface area contributed by atoms with Crippen molar-refractivity contribution in [2.75, 3.05) is 46.8 Å². The van der Waals surface area contributed by atoms with Crippen LogP contribution in [0, 0.1) is 0 Å². The van der Waals surface area contributed by atoms with Gasteiger partial charge in [0.05, 0.1) is 0 Å². The van der Waals surface area contributed by atoms with E-state index in [1.165, 1.54) is 36.4 Å². The second-order valence-corrected chi connectivity index (χ2v) is 11.0. The Morgan fingerprint density at radius 3 is 1.31 bits per heavy atom. The minimum absolute atomic E-state index is 0.00197. The van der Waals surface area contributed by atoms with E-state index in [9.17, 15) is 25.9 Å². The summed E-state index contributed by atoms with van der Waals surface area (Å²) in [5.41, 5.74) is 11.7. The van der Waals surface area contributed by atoms with E-state index >= 15 is 0 Å². The van der Waals surface area contributed by atoms with Crippen LogP contribution in [0.5, 0.6) is 0 Å². The van der Waals surface area contributed by atoms with Crippen LogP contribution < -0.4 is 32.7 Å². The van der Waals surface area contributed by atoms with Gasteiger partial charge < -0.3 is 32.7 Å². The highest BCUT2D eigenvalue weighted by molar-refractivity contribution is 7.86. The molecule has 2 aromatic heterocycles. The minimum Gasteiger partial charge on any atom is -0.368 e. The Labute approximate surface area is 239 Å². The second kappa shape index (κ2) is 11.7. The fraction of sp³-hybridized carbons (Fsp3) is 0.0909. The Balaban J connectivity index is 1.68. The summed E-state index contributed by atoms with van der Waals surface area (Å²) in [6.07, 6.45) is 2.49. The van der Waals surface area contributed by atoms with Gasteiger partial charge in [0.15, 0.2) is 0 Å². The summed E-state index contributed by atoms with van der Waals surface area (Å²) < 4.78 is 68.5. The lowest BCUT2D eigenvalue weighted by atomic mass is 10.1. The van der Waals surface area contributed by atoms with Crippen LogP contribution in [-0.2, 0) is 20.2 Å². The van der Waals surface area contributed by atoms with Gasteiger partial charge in [-0.05, 0) is 35.4 Å². The Hall–Kier alpha value is -5.18. The fourth-order valence-corrected chi connectivity index (χ4v) is 4.92. The Morgan fingerprint density at radius 1 is 0.619 bits per heavy atom. The van der Waals surface area contributed by atoms with Crippen LogP contribution in [0.2, 0.25) is 0 Å². The second-order valence-electron chi connectivity index (χ2n) is 8.22. The van der Waals surface area contributed by atoms with Crippen molar-refractivity contribution < 1.29 is 25.9 Å². The number of anilines is 8. The largest absolute Gasteiger partial charge is 0.368 e. The van der Waals surface area contributed by atoms with Crippen molar-refractivity contribution in [2.45, 2.75) is 9.79 Å². The summed E-state index contributed by atoms with van der Waals surface area (Å²) >= 11 is 0. The zero-order valence-electron chi connectivity index (χ0n) is 21.8. The molecule has 2 heterocycles. The van der Waals surface area contributed by atoms with E-state index in [0.717, 1.165) is 12.1 Å². The Kier molecular flexibility index (Phi) is 8.33. The molecule has 0 aliphatic heterocycles. The number of benzene rings is 2. The zero-order chi connectivity index (χ0) is 30.7. The van der Waals surface area contributed by atoms with E-state index in [0.29, 0.717) is 0 Å². The Morgan fingerprint density at radius 2 is 0.976 bits per heavy atom. The highest BCUT2D eigenvalue weighted by Gasteiger charge is 2.18. The maximum absolute atomic E-state index is 12.2. The molecule has 2 aromatic carbocycles. The molecule has 0 fully saturated rings. The Bertz CT molecular complexity index is 1770. The van der Waals surface area contributed by atoms with E-state index in [2.05, 4.69) is 51.2 Å². The summed E-state index contributed by atoms with van der Waals surface area (Å²) in [6, 6.07) is 7.85. The summed E-state index contributed by atoms with van der Waals surface area (Å²) in [5, 5.41) is 10.9. The molecule has 0 radical (unpaired) electrons. The van der Waals surface area contributed by atoms with Gasteiger partial charge in [-0.15, -0.1) is 0 Å². The first-order chi connectivity index (χ1) is 19.7. The average molecular weight is 617 g/mol. The standard InChI is InChI=1S/C22H24N12O6S2/c1-25-19-29-17(23)31-21(33-19)27-13-7-5-11(15(9-13)41(35,36)37)3-4-12-6-8-14(10-16(12)42(38,39)40)28-22-32-18(24)30-20(26-2)34-22/h3-10H,1-2H3,(H,35,36,37)(H,38,39,40)(H4,23,25,27,29,31,33)(H4,24,26,28,30,32,34)/b4-3+. The third kappa shape index (κ3) is 7.31. The molecule has 0 unspecified atom stereocenters. The van der Waals surface area contributed by atoms with Gasteiger partial charge in [-0.3, -0.25) is 9.11 Å². The van der Waals surface area contributed by atoms with Gasteiger partial charge in [-0.25, -0.2) is 0 Å². The molecular weight excluding hydrogens is 592 g/mol. The van der Waals surface area contributed by atoms with Gasteiger partial charge in [0.1, 0.15) is 9.79 Å². The van der Waals surface area contributed by atoms with Crippen molar-refractivity contribution in [1.82, 2.24) is 29.9 Å². The van der Waals surface area contributed by atoms with Crippen LogP contribution in [0.1, 0.15) is 11.1 Å². The van der Waals surface area contributed by atoms with E-state index < -0.39 is 30.0 Å². The van der Waals surface area contributed by atoms with Crippen molar-refractivity contribution in [1.29, 1.82) is 0 Å². The summed E-state index contributed by atoms with van der Waals surface area (Å²) in [6.45, 7) is 0. The number of aromatic nitrogens is 6. The van der Waals surface area contributed by atoms with Crippen LogP contribution in [0.15, 0.2) is 46.2 Å². The molecule has 0 atom stereocenters. The SMILES string of the molecule is CNc1nc(N)nc(Nc2ccc(/C=C/c3ccc(Nc4nc(N)nc(NC)n4)cc3S(=O)(=O)O)c(S(=O)(=O)O)c2)n1. The molecule has 0 aliphatic carbocycles. The number of nitrogens with one attached hydrogen (secondary N) is 4. The molecule has 0 saturated carbocycles. The summed E-state index contributed by atoms with van der Waals surface area (Å²) in [5.74, 6) is 0.144. The number of nitrogens with two attached hydrogens (primary N) is 2. The van der Waals surface area contributed by atoms with Crippen LogP contribution in [0.4, 0.5) is 47.1 Å². The molecule has 4 rings (SSSR count). The predicted molar refractivity (Wildman–Crippen MR) is 156 cm³/mol. The van der Waals surface area contributed by atoms with Crippen LogP contribution in [0.3, 0.4) is 0 Å². The maximum Gasteiger partial charge on any atom is 0.295 e. The predicted octanol–water partition coefficient (Wildman–Crippen LogP) is 1.46. The smallest absolute Gasteiger partial charge is 0.295 e. The molecule has 0 saturated heterocycles. The molecule has 220 valence electrons. The minimum atomic E-state index is -4.76. The third-order valence-electron chi connectivity index (χ3n) is 5.29. The average Bonchev–Trinajstić information content (AvgIpc) is 2.91. The highest BCUT2D eigenvalue weighted by atomic mass is 32.2. The normalized spacial score (nSPS) is 11.8. The molecule has 0 bridgehead atoms. The fourth-order valence-electron chi connectivity index (χ4n) is 3.50. The van der Waals surface area contributed by atoms with Crippen molar-refractivity contribution in [2.24, 2.45) is 0 Å². The van der Waals surface area contributed by atoms with Crippen molar-refractivity contribution in [3.63, 3.8) is 0 Å². The van der Waals surface area contributed by atoms with Gasteiger partial charge >= 0.3 is 0 Å². The van der Waals surface area contributed by atoms with Crippen LogP contribution in [-0.4, -0.2) is 69.9 Å². The van der Waals surface area contributed by atoms with Crippen molar-refractivity contribution in [3.05, 3.63) is 47.5 Å². The molecule has 0 aliphatic rings. The lowest BCUT2D eigenvalue weighted by molar-refractivity contribution is 0.480. The highest BCUT2D eigenvalue weighted by Crippen LogP contribution is 2.28. The molecule has 0 amide bonds. The number of hydrogen-bond donors (Lipinski definition) is 8. The molecule has 10 N–H and O–H groups in total. The van der Waals surface area contributed by atoms with E-state index in [-0.39, 0.29) is 58.2 Å². The maximum atomic E-state index is 12.2. The summed E-state index contributed by atoms with van der Waals surface area (Å²) in [7, 11) is -6.38. The topological polar surface area (TPSA) is 286 Å². The number of hydrogen-bond acceptors (Lipinski definition) is 16. The lowest BCUT2D eigenvalue weighted by Crippen LogP contribution is -2.08. The molecular formula is C22H24N12O6S2. The lowest BCUT2D eigenvalue weighted by Gasteiger charge is -2.11. The monoisotopic (exact) mass is 616 g/mol. The molecule has 18 nitrogen and oxygen atoms in total. The van der Waals surface area contributed by atoms with E-state index in [1.54, 1.807) is 14.1 Å². The van der Waals surface area contributed by atoms with E-state index in [1.807, 2.05) is 0 Å². The van der Waals surface area contributed by atoms with Gasteiger partial charge in [-0.2, -0.15) is 46.7 Å². The number of nitrogen functional groups attached to an aromatic ring is 2. The summed E-state index contributed by atoms with van der Waals surface area (Å²) in [4.78, 5) is 22.6. The van der Waals surface area contributed by atoms with Gasteiger partial charge in [0, 0.05) is 25.5 Å². The van der Waals surface area contributed by atoms with Crippen LogP contribution >= 0.6 is 0 Å². The zero-order valence-corrected chi connectivity index (χ0v) is 23.4. The quantitative estimate of drug-likeness (QED) is 0.0923. The van der Waals surface area contributed by atoms with Gasteiger partial charge in [0.2, 0.25) is 35.7 Å². The van der Waals surface area contributed by atoms with Gasteiger partial charge in [-0.1, -0.05) is 24.3 Å². The van der Waals surface area contributed by atoms with Gasteiger partial charge in [0.25, 0.3) is 20.2 Å². The first-order valence-electron chi connectivity index (χ1n) is 11.6. The van der Waals surface area contributed by atoms with Crippen molar-refractivity contribution in [3.8, 4) is 0 Å². The number of nitrogens with zero attached hydrogens (tertiary/aromatic N) is 6. The molecule has 42 heavy (non-hydrogen) atoms. The third-order valence-corrected chi connectivity index (χ3v) is 7.11. The number of rotatable bonds is 10. The van der Waals surface area contributed by atoms with Crippen LogP contribution in [0.25, 0.3) is 12.2 Å². The molecule has 0 spiro atoms. The molecule has 4 aromatic rings. The molecule has 20 heteroatoms. The first-order valence-corrected chi connectivity index (χ1v) is 14.5.